The van der Waals surface area contributed by atoms with Crippen molar-refractivity contribution in [2.45, 2.75) is 51.4 Å². The lowest BCUT2D eigenvalue weighted by atomic mass is 10.4. The normalized spacial score (nSPS) is 14.5. The van der Waals surface area contributed by atoms with Gasteiger partial charge in [0, 0.05) is 26.0 Å². The van der Waals surface area contributed by atoms with Crippen LogP contribution in [-0.2, 0) is 0 Å². The molecule has 0 aliphatic heterocycles. The summed E-state index contributed by atoms with van der Waals surface area (Å²) in [5.41, 5.74) is 0. The fourth-order valence-corrected chi connectivity index (χ4v) is 8.21. The number of rotatable bonds is 11. The van der Waals surface area contributed by atoms with E-state index in [4.69, 9.17) is 0 Å². The first-order valence-electron chi connectivity index (χ1n) is 7.94. The zero-order chi connectivity index (χ0) is 17.2. The first kappa shape index (κ1) is 22.5. The quantitative estimate of drug-likeness (QED) is 0.397. The first-order chi connectivity index (χ1) is 10.1. The van der Waals surface area contributed by atoms with Gasteiger partial charge in [-0.25, -0.2) is 0 Å². The molecule has 0 rings (SSSR count). The van der Waals surface area contributed by atoms with Crippen LogP contribution in [0.25, 0.3) is 0 Å². The minimum atomic E-state index is -1.01. The molecular formula is C16H34O2S2Si2. The molecule has 0 atom stereocenters. The summed E-state index contributed by atoms with van der Waals surface area (Å²) in [5.74, 6) is 2.15. The van der Waals surface area contributed by atoms with Gasteiger partial charge in [-0.2, -0.15) is 0 Å². The highest BCUT2D eigenvalue weighted by molar-refractivity contribution is 8.03. The van der Waals surface area contributed by atoms with Crippen LogP contribution in [-0.4, -0.2) is 51.1 Å². The second-order valence-electron chi connectivity index (χ2n) is 7.90. The number of hydrogen-bond donors (Lipinski definition) is 2. The molecule has 0 aromatic rings. The Morgan fingerprint density at radius 3 is 1.27 bits per heavy atom. The molecule has 0 radical (unpaired) electrons. The van der Waals surface area contributed by atoms with Crippen LogP contribution < -0.4 is 0 Å². The average Bonchev–Trinajstić information content (AvgIpc) is 2.37. The van der Waals surface area contributed by atoms with Gasteiger partial charge in [0.1, 0.15) is 0 Å². The van der Waals surface area contributed by atoms with Crippen molar-refractivity contribution in [1.29, 1.82) is 0 Å². The lowest BCUT2D eigenvalue weighted by molar-refractivity contribution is 0.338. The molecule has 6 heteroatoms. The second kappa shape index (κ2) is 11.2. The predicted octanol–water partition coefficient (Wildman–Crippen LogP) is 4.88. The van der Waals surface area contributed by atoms with Crippen molar-refractivity contribution in [2.24, 2.45) is 0 Å². The molecule has 0 bridgehead atoms. The van der Waals surface area contributed by atoms with E-state index in [0.717, 1.165) is 21.3 Å². The maximum absolute atomic E-state index is 9.45. The molecule has 22 heavy (non-hydrogen) atoms. The fourth-order valence-electron chi connectivity index (χ4n) is 1.46. The zero-order valence-electron chi connectivity index (χ0n) is 15.1. The van der Waals surface area contributed by atoms with Gasteiger partial charge in [-0.05, 0) is 35.7 Å². The van der Waals surface area contributed by atoms with E-state index >= 15 is 0 Å². The van der Waals surface area contributed by atoms with Gasteiger partial charge >= 0.3 is 0 Å². The minimum absolute atomic E-state index is 0.0884. The second-order valence-corrected chi connectivity index (χ2v) is 21.6. The third-order valence-corrected chi connectivity index (χ3v) is 9.36. The van der Waals surface area contributed by atoms with Gasteiger partial charge in [0.2, 0.25) is 0 Å². The molecule has 2 N–H and O–H groups in total. The summed E-state index contributed by atoms with van der Waals surface area (Å²) in [7, 11) is -2.02. The topological polar surface area (TPSA) is 40.5 Å². The maximum atomic E-state index is 9.45. The van der Waals surface area contributed by atoms with Crippen LogP contribution in [0.4, 0.5) is 0 Å². The predicted molar refractivity (Wildman–Crippen MR) is 112 cm³/mol. The van der Waals surface area contributed by atoms with E-state index in [1.165, 1.54) is 12.1 Å². The molecule has 0 unspecified atom stereocenters. The highest BCUT2D eigenvalue weighted by Gasteiger charge is 2.13. The molecule has 0 aliphatic carbocycles. The van der Waals surface area contributed by atoms with Crippen LogP contribution in [0.2, 0.25) is 51.4 Å². The van der Waals surface area contributed by atoms with Crippen molar-refractivity contribution < 1.29 is 10.2 Å². The molecule has 2 nitrogen and oxygen atoms in total. The Kier molecular flexibility index (Phi) is 11.4. The van der Waals surface area contributed by atoms with E-state index in [0.29, 0.717) is 0 Å². The van der Waals surface area contributed by atoms with Crippen LogP contribution in [0.5, 0.6) is 0 Å². The van der Waals surface area contributed by atoms with Gasteiger partial charge in [0.25, 0.3) is 0 Å². The fraction of sp³-hybridized carbons (Fsp3) is 0.750. The van der Waals surface area contributed by atoms with Gasteiger partial charge in [-0.3, -0.25) is 0 Å². The number of aliphatic hydroxyl groups is 2. The van der Waals surface area contributed by atoms with Gasteiger partial charge in [-0.15, -0.1) is 23.5 Å². The summed E-state index contributed by atoms with van der Waals surface area (Å²) in [5, 5.41) is 18.9. The SMILES string of the molecule is C[Si](C)(C)CCSC(=CC=C(CO)SCC[Si](C)(C)C)CO. The largest absolute Gasteiger partial charge is 0.391 e. The molecule has 0 heterocycles. The van der Waals surface area contributed by atoms with Crippen molar-refractivity contribution in [1.82, 2.24) is 0 Å². The molecule has 130 valence electrons. The molecule has 0 fully saturated rings. The highest BCUT2D eigenvalue weighted by Crippen LogP contribution is 2.23. The van der Waals surface area contributed by atoms with E-state index < -0.39 is 16.1 Å². The molecule has 0 spiro atoms. The van der Waals surface area contributed by atoms with Crippen LogP contribution >= 0.6 is 23.5 Å². The first-order valence-corrected chi connectivity index (χ1v) is 17.3. The van der Waals surface area contributed by atoms with Crippen molar-refractivity contribution in [3.63, 3.8) is 0 Å². The summed E-state index contributed by atoms with van der Waals surface area (Å²) < 4.78 is 0. The van der Waals surface area contributed by atoms with Gasteiger partial charge < -0.3 is 10.2 Å². The third-order valence-electron chi connectivity index (χ3n) is 3.05. The summed E-state index contributed by atoms with van der Waals surface area (Å²) in [6.07, 6.45) is 3.95. The average molecular weight is 379 g/mol. The van der Waals surface area contributed by atoms with Crippen molar-refractivity contribution in [3.05, 3.63) is 22.0 Å². The summed E-state index contributed by atoms with van der Waals surface area (Å²) in [6, 6.07) is 2.52. The lowest BCUT2D eigenvalue weighted by Crippen LogP contribution is -2.20. The van der Waals surface area contributed by atoms with Gasteiger partial charge in [-0.1, -0.05) is 39.3 Å². The van der Waals surface area contributed by atoms with Gasteiger partial charge in [0.15, 0.2) is 0 Å². The zero-order valence-corrected chi connectivity index (χ0v) is 18.7. The van der Waals surface area contributed by atoms with Crippen LogP contribution in [0.1, 0.15) is 0 Å². The van der Waals surface area contributed by atoms with Crippen molar-refractivity contribution >= 4 is 39.7 Å². The third kappa shape index (κ3) is 14.1. The van der Waals surface area contributed by atoms with Crippen molar-refractivity contribution in [2.75, 3.05) is 24.7 Å². The summed E-state index contributed by atoms with van der Waals surface area (Å²) in [4.78, 5) is 1.99. The van der Waals surface area contributed by atoms with Crippen LogP contribution in [0.15, 0.2) is 22.0 Å². The molecule has 0 aromatic heterocycles. The Hall–Kier alpha value is 0.534. The Morgan fingerprint density at radius 2 is 1.05 bits per heavy atom. The molecule has 0 amide bonds. The number of hydrogen-bond acceptors (Lipinski definition) is 4. The van der Waals surface area contributed by atoms with E-state index in [1.54, 1.807) is 23.5 Å². The van der Waals surface area contributed by atoms with E-state index in [1.807, 2.05) is 12.2 Å². The number of allylic oxidation sites excluding steroid dienone is 2. The maximum Gasteiger partial charge on any atom is 0.0740 e. The smallest absolute Gasteiger partial charge is 0.0740 e. The molecule has 0 aliphatic rings. The lowest BCUT2D eigenvalue weighted by Gasteiger charge is -2.15. The summed E-state index contributed by atoms with van der Waals surface area (Å²) in [6.45, 7) is 14.4. The van der Waals surface area contributed by atoms with Crippen LogP contribution in [0.3, 0.4) is 0 Å². The summed E-state index contributed by atoms with van der Waals surface area (Å²) >= 11 is 3.49. The Labute approximate surface area is 147 Å². The number of aliphatic hydroxyl groups excluding tert-OH is 2. The molecule has 0 saturated heterocycles. The number of thioether (sulfide) groups is 2. The molecular weight excluding hydrogens is 344 g/mol. The Balaban J connectivity index is 4.41. The Morgan fingerprint density at radius 1 is 0.727 bits per heavy atom. The van der Waals surface area contributed by atoms with Crippen LogP contribution in [0, 0.1) is 0 Å². The van der Waals surface area contributed by atoms with E-state index in [2.05, 4.69) is 39.3 Å². The molecule has 0 saturated carbocycles. The minimum Gasteiger partial charge on any atom is -0.391 e. The Bertz CT molecular complexity index is 333. The van der Waals surface area contributed by atoms with Gasteiger partial charge in [0.05, 0.1) is 13.2 Å². The van der Waals surface area contributed by atoms with E-state index in [9.17, 15) is 10.2 Å². The van der Waals surface area contributed by atoms with E-state index in [-0.39, 0.29) is 13.2 Å². The van der Waals surface area contributed by atoms with Crippen molar-refractivity contribution in [3.8, 4) is 0 Å². The monoisotopic (exact) mass is 378 g/mol. The highest BCUT2D eigenvalue weighted by atomic mass is 32.2. The standard InChI is InChI=1S/C16H34O2S2Si2/c1-21(2,3)11-9-19-15(13-17)7-8-16(14-18)20-10-12-22(4,5)6/h7-8,17-18H,9-14H2,1-6H3. The molecule has 0 aromatic carbocycles.